The Hall–Kier alpha value is -4.13. The minimum Gasteiger partial charge on any atom is -0.383 e. The van der Waals surface area contributed by atoms with Gasteiger partial charge in [-0.3, -0.25) is 15.2 Å². The van der Waals surface area contributed by atoms with Crippen LogP contribution in [-0.4, -0.2) is 69.7 Å². The number of benzene rings is 1. The average molecular weight is 564 g/mol. The van der Waals surface area contributed by atoms with Crippen molar-refractivity contribution in [3.05, 3.63) is 83.4 Å². The Kier molecular flexibility index (Phi) is 7.52. The van der Waals surface area contributed by atoms with Crippen molar-refractivity contribution >= 4 is 11.8 Å². The molecule has 41 heavy (non-hydrogen) atoms. The van der Waals surface area contributed by atoms with Gasteiger partial charge in [0, 0.05) is 62.0 Å². The molecule has 0 saturated carbocycles. The second-order valence-corrected chi connectivity index (χ2v) is 10.3. The summed E-state index contributed by atoms with van der Waals surface area (Å²) < 4.78 is 41.7. The van der Waals surface area contributed by atoms with Gasteiger partial charge in [0.05, 0.1) is 49.0 Å². The van der Waals surface area contributed by atoms with Gasteiger partial charge < -0.3 is 19.4 Å². The van der Waals surface area contributed by atoms with E-state index in [1.807, 2.05) is 43.3 Å². The van der Waals surface area contributed by atoms with E-state index in [1.54, 1.807) is 18.0 Å². The number of ether oxygens (including phenoxy) is 2. The topological polar surface area (TPSA) is 98.5 Å². The van der Waals surface area contributed by atoms with Gasteiger partial charge in [0.15, 0.2) is 11.6 Å². The number of carbonyl (C=O) groups excluding carboxylic acids is 1. The van der Waals surface area contributed by atoms with E-state index in [9.17, 15) is 13.6 Å². The summed E-state index contributed by atoms with van der Waals surface area (Å²) in [4.78, 5) is 20.1. The molecule has 3 aromatic heterocycles. The summed E-state index contributed by atoms with van der Waals surface area (Å²) in [6, 6.07) is 10.3. The normalized spacial score (nSPS) is 18.5. The van der Waals surface area contributed by atoms with Crippen LogP contribution in [0.3, 0.4) is 0 Å². The molecule has 2 aliphatic rings. The van der Waals surface area contributed by atoms with Gasteiger partial charge in [-0.1, -0.05) is 18.2 Å². The summed E-state index contributed by atoms with van der Waals surface area (Å²) >= 11 is 0. The fraction of sp³-hybridized carbons (Fsp3) is 0.345. The van der Waals surface area contributed by atoms with E-state index in [1.165, 1.54) is 4.57 Å². The molecule has 6 rings (SSSR count). The van der Waals surface area contributed by atoms with Crippen molar-refractivity contribution in [1.82, 2.24) is 29.5 Å². The first-order valence-electron chi connectivity index (χ1n) is 13.4. The summed E-state index contributed by atoms with van der Waals surface area (Å²) in [5.74, 6) is -1.35. The highest BCUT2D eigenvalue weighted by Gasteiger charge is 2.35. The largest absolute Gasteiger partial charge is 0.383 e. The second kappa shape index (κ2) is 11.4. The number of amides is 2. The van der Waals surface area contributed by atoms with Gasteiger partial charge in [-0.15, -0.1) is 0 Å². The number of para-hydroxylation sites is 1. The Labute approximate surface area is 235 Å². The van der Waals surface area contributed by atoms with Crippen LogP contribution in [-0.2, 0) is 22.7 Å². The lowest BCUT2D eigenvalue weighted by Crippen LogP contribution is -2.43. The number of halogens is 2. The molecule has 1 aromatic carbocycles. The average Bonchev–Trinajstić information content (AvgIpc) is 3.75. The van der Waals surface area contributed by atoms with E-state index in [2.05, 4.69) is 20.5 Å². The number of aromatic nitrogens is 4. The van der Waals surface area contributed by atoms with E-state index in [-0.39, 0.29) is 6.04 Å². The lowest BCUT2D eigenvalue weighted by Gasteiger charge is -2.22. The quantitative estimate of drug-likeness (QED) is 0.336. The Morgan fingerprint density at radius 3 is 2.68 bits per heavy atom. The van der Waals surface area contributed by atoms with Gasteiger partial charge in [0.2, 0.25) is 0 Å². The number of carbonyl (C=O) groups is 1. The zero-order valence-electron chi connectivity index (χ0n) is 22.8. The molecule has 0 bridgehead atoms. The van der Waals surface area contributed by atoms with Crippen molar-refractivity contribution in [3.8, 4) is 16.9 Å². The van der Waals surface area contributed by atoms with Crippen LogP contribution in [0, 0.1) is 18.6 Å². The molecule has 4 aromatic rings. The third-order valence-electron chi connectivity index (χ3n) is 7.61. The number of nitrogens with one attached hydrogen (secondary N) is 2. The molecule has 1 saturated heterocycles. The molecule has 0 spiro atoms. The van der Waals surface area contributed by atoms with Crippen molar-refractivity contribution in [1.29, 1.82) is 0 Å². The second-order valence-electron chi connectivity index (χ2n) is 10.3. The first-order valence-corrected chi connectivity index (χ1v) is 13.4. The zero-order valence-corrected chi connectivity index (χ0v) is 22.8. The highest BCUT2D eigenvalue weighted by Crippen LogP contribution is 2.32. The van der Waals surface area contributed by atoms with E-state index in [0.717, 1.165) is 40.5 Å². The number of rotatable bonds is 8. The van der Waals surface area contributed by atoms with Crippen molar-refractivity contribution < 1.29 is 23.0 Å². The van der Waals surface area contributed by atoms with Crippen molar-refractivity contribution in [3.63, 3.8) is 0 Å². The number of methoxy groups -OCH3 is 1. The molecule has 0 radical (unpaired) electrons. The van der Waals surface area contributed by atoms with Crippen LogP contribution < -0.4 is 10.6 Å². The molecule has 2 atom stereocenters. The number of likely N-dealkylation sites (tertiary alicyclic amines) is 1. The lowest BCUT2D eigenvalue weighted by atomic mass is 10.1. The fourth-order valence-corrected chi connectivity index (χ4v) is 5.49. The molecule has 12 heteroatoms. The zero-order chi connectivity index (χ0) is 28.5. The first-order chi connectivity index (χ1) is 19.9. The Morgan fingerprint density at radius 2 is 1.93 bits per heavy atom. The molecule has 2 N–H and O–H groups in total. The number of urea groups is 1. The molecule has 10 nitrogen and oxygen atoms in total. The number of fused-ring (bicyclic) bond motifs is 1. The van der Waals surface area contributed by atoms with Crippen LogP contribution in [0.15, 0.2) is 55.0 Å². The van der Waals surface area contributed by atoms with Crippen LogP contribution in [0.2, 0.25) is 0 Å². The van der Waals surface area contributed by atoms with Crippen molar-refractivity contribution in [2.75, 3.05) is 38.7 Å². The molecule has 0 unspecified atom stereocenters. The van der Waals surface area contributed by atoms with E-state index in [4.69, 9.17) is 14.6 Å². The molecule has 0 aliphatic carbocycles. The maximum absolute atomic E-state index is 13.9. The third-order valence-corrected chi connectivity index (χ3v) is 7.61. The molecule has 214 valence electrons. The first kappa shape index (κ1) is 27.1. The third kappa shape index (κ3) is 5.45. The van der Waals surface area contributed by atoms with Gasteiger partial charge in [-0.2, -0.15) is 5.10 Å². The predicted octanol–water partition coefficient (Wildman–Crippen LogP) is 4.05. The molecule has 5 heterocycles. The van der Waals surface area contributed by atoms with E-state index in [0.29, 0.717) is 51.0 Å². The van der Waals surface area contributed by atoms with Crippen molar-refractivity contribution in [2.24, 2.45) is 0 Å². The smallest absolute Gasteiger partial charge is 0.320 e. The summed E-state index contributed by atoms with van der Waals surface area (Å²) in [6.07, 6.45) is 4.03. The fourth-order valence-electron chi connectivity index (χ4n) is 5.49. The summed E-state index contributed by atoms with van der Waals surface area (Å²) in [5.41, 5.74) is 4.99. The van der Waals surface area contributed by atoms with Gasteiger partial charge in [-0.25, -0.2) is 18.3 Å². The number of hydrogen-bond acceptors (Lipinski definition) is 6. The molecule has 2 amide bonds. The van der Waals surface area contributed by atoms with Gasteiger partial charge in [0.1, 0.15) is 5.82 Å². The van der Waals surface area contributed by atoms with Crippen molar-refractivity contribution in [2.45, 2.75) is 32.2 Å². The van der Waals surface area contributed by atoms with Crippen LogP contribution in [0.1, 0.15) is 22.9 Å². The highest BCUT2D eigenvalue weighted by molar-refractivity contribution is 5.91. The molecule has 1 fully saturated rings. The SMILES string of the molecule is COCCN1C[C@@H](n2cc(F)c(F)c2)[C@H](NC(=O)Nc2c(C)c(-c3cnc4c(c3)COC4)nn2-c2ccccc2)C1. The summed E-state index contributed by atoms with van der Waals surface area (Å²) in [6.45, 7) is 5.02. The number of anilines is 1. The summed E-state index contributed by atoms with van der Waals surface area (Å²) in [7, 11) is 1.62. The maximum atomic E-state index is 13.9. The minimum absolute atomic E-state index is 0.369. The Balaban J connectivity index is 1.28. The number of nitrogens with zero attached hydrogens (tertiary/aromatic N) is 5. The van der Waals surface area contributed by atoms with E-state index >= 15 is 0 Å². The maximum Gasteiger partial charge on any atom is 0.320 e. The number of hydrogen-bond donors (Lipinski definition) is 2. The van der Waals surface area contributed by atoms with Gasteiger partial charge >= 0.3 is 6.03 Å². The lowest BCUT2D eigenvalue weighted by molar-refractivity contribution is 0.133. The van der Waals surface area contributed by atoms with Crippen LogP contribution in [0.25, 0.3) is 16.9 Å². The Bertz CT molecular complexity index is 1540. The summed E-state index contributed by atoms with van der Waals surface area (Å²) in [5, 5.41) is 10.9. The standard InChI is InChI=1S/C29H31F2N7O3/c1-18-27(19-10-20-16-41-17-25(20)32-11-19)35-38(21-6-4-3-5-7-21)28(18)34-29(39)33-24-14-36(8-9-40-2)15-26(24)37-12-22(30)23(31)13-37/h3-7,10-13,24,26H,8-9,14-17H2,1-2H3,(H2,33,34,39)/t24-,26-/m1/s1. The van der Waals surface area contributed by atoms with Crippen LogP contribution in [0.5, 0.6) is 0 Å². The molecular weight excluding hydrogens is 532 g/mol. The van der Waals surface area contributed by atoms with Gasteiger partial charge in [0.25, 0.3) is 0 Å². The monoisotopic (exact) mass is 563 g/mol. The van der Waals surface area contributed by atoms with Gasteiger partial charge in [-0.05, 0) is 25.1 Å². The highest BCUT2D eigenvalue weighted by atomic mass is 19.2. The molecule has 2 aliphatic heterocycles. The minimum atomic E-state index is -0.925. The van der Waals surface area contributed by atoms with Crippen LogP contribution >= 0.6 is 0 Å². The molecular formula is C29H31F2N7O3. The number of pyridine rings is 1. The van der Waals surface area contributed by atoms with E-state index < -0.39 is 23.7 Å². The predicted molar refractivity (Wildman–Crippen MR) is 148 cm³/mol. The van der Waals surface area contributed by atoms with Crippen LogP contribution in [0.4, 0.5) is 19.4 Å². The Morgan fingerprint density at radius 1 is 1.15 bits per heavy atom.